The Labute approximate surface area is 152 Å². The zero-order chi connectivity index (χ0) is 18.8. The highest BCUT2D eigenvalue weighted by atomic mass is 16.6. The first-order valence-electron chi connectivity index (χ1n) is 9.39. The van der Waals surface area contributed by atoms with E-state index >= 15 is 0 Å². The fourth-order valence-electron chi connectivity index (χ4n) is 3.86. The maximum Gasteiger partial charge on any atom is 0.407 e. The van der Waals surface area contributed by atoms with Gasteiger partial charge in [0.25, 0.3) is 0 Å². The summed E-state index contributed by atoms with van der Waals surface area (Å²) in [5, 5.41) is 3.14. The second-order valence-electron chi connectivity index (χ2n) is 8.53. The van der Waals surface area contributed by atoms with Gasteiger partial charge in [0.2, 0.25) is 0 Å². The number of benzene rings is 1. The van der Waals surface area contributed by atoms with E-state index in [-0.39, 0.29) is 18.2 Å². The Hall–Kier alpha value is -1.55. The van der Waals surface area contributed by atoms with E-state index in [0.29, 0.717) is 17.9 Å². The summed E-state index contributed by atoms with van der Waals surface area (Å²) in [7, 11) is 0. The van der Waals surface area contributed by atoms with Crippen LogP contribution >= 0.6 is 0 Å². The van der Waals surface area contributed by atoms with Gasteiger partial charge in [0.05, 0.1) is 6.04 Å². The van der Waals surface area contributed by atoms with Crippen LogP contribution in [0.4, 0.5) is 4.79 Å². The number of carbonyl (C=O) groups excluding carboxylic acids is 1. The molecule has 4 nitrogen and oxygen atoms in total. The first-order chi connectivity index (χ1) is 11.6. The molecule has 25 heavy (non-hydrogen) atoms. The van der Waals surface area contributed by atoms with Crippen molar-refractivity contribution >= 4 is 6.09 Å². The third-order valence-electron chi connectivity index (χ3n) is 5.61. The molecule has 1 aromatic carbocycles. The number of carbonyl (C=O) groups is 1. The van der Waals surface area contributed by atoms with E-state index in [0.717, 1.165) is 6.54 Å². The molecule has 5 atom stereocenters. The minimum absolute atomic E-state index is 0.0739. The van der Waals surface area contributed by atoms with Gasteiger partial charge in [-0.3, -0.25) is 4.90 Å². The Bertz CT molecular complexity index is 567. The molecule has 0 aliphatic carbocycles. The van der Waals surface area contributed by atoms with E-state index in [4.69, 9.17) is 4.74 Å². The van der Waals surface area contributed by atoms with Gasteiger partial charge in [-0.2, -0.15) is 0 Å². The average Bonchev–Trinajstić information content (AvgIpc) is 2.53. The van der Waals surface area contributed by atoms with Crippen molar-refractivity contribution in [2.75, 3.05) is 0 Å². The van der Waals surface area contributed by atoms with Crippen LogP contribution in [0.2, 0.25) is 0 Å². The summed E-state index contributed by atoms with van der Waals surface area (Å²) < 4.78 is 5.48. The molecule has 0 radical (unpaired) electrons. The van der Waals surface area contributed by atoms with E-state index in [1.165, 1.54) is 5.56 Å². The molecule has 0 saturated carbocycles. The number of rotatable bonds is 3. The Morgan fingerprint density at radius 3 is 2.20 bits per heavy atom. The zero-order valence-electron chi connectivity index (χ0n) is 16.7. The lowest BCUT2D eigenvalue weighted by atomic mass is 9.76. The van der Waals surface area contributed by atoms with Gasteiger partial charge in [0.1, 0.15) is 5.60 Å². The molecule has 1 fully saturated rings. The summed E-state index contributed by atoms with van der Waals surface area (Å²) >= 11 is 0. The summed E-state index contributed by atoms with van der Waals surface area (Å²) in [5.41, 5.74) is 0.826. The third kappa shape index (κ3) is 4.97. The van der Waals surface area contributed by atoms with Crippen molar-refractivity contribution in [3.8, 4) is 0 Å². The van der Waals surface area contributed by atoms with Gasteiger partial charge in [-0.15, -0.1) is 0 Å². The Balaban J connectivity index is 2.14. The maximum absolute atomic E-state index is 12.3. The highest BCUT2D eigenvalue weighted by Crippen LogP contribution is 2.34. The van der Waals surface area contributed by atoms with Crippen LogP contribution < -0.4 is 5.32 Å². The van der Waals surface area contributed by atoms with Crippen molar-refractivity contribution in [3.05, 3.63) is 35.9 Å². The summed E-state index contributed by atoms with van der Waals surface area (Å²) in [6.45, 7) is 15.6. The van der Waals surface area contributed by atoms with Crippen molar-refractivity contribution in [1.29, 1.82) is 0 Å². The summed E-state index contributed by atoms with van der Waals surface area (Å²) in [5.74, 6) is 0.879. The smallest absolute Gasteiger partial charge is 0.407 e. The SMILES string of the molecule is CC1C(C)C(C)N(Cc2ccccc2)C(C)C1NC(=O)OC(C)(C)C. The standard InChI is InChI=1S/C21H34N2O2/c1-14-15(2)19(22-20(24)25-21(5,6)7)17(4)23(16(14)3)13-18-11-9-8-10-12-18/h8-12,14-17,19H,13H2,1-7H3,(H,22,24). The quantitative estimate of drug-likeness (QED) is 0.879. The minimum atomic E-state index is -0.478. The first-order valence-corrected chi connectivity index (χ1v) is 9.39. The lowest BCUT2D eigenvalue weighted by Gasteiger charge is -2.50. The Morgan fingerprint density at radius 2 is 1.64 bits per heavy atom. The van der Waals surface area contributed by atoms with Gasteiger partial charge >= 0.3 is 6.09 Å². The minimum Gasteiger partial charge on any atom is -0.444 e. The van der Waals surface area contributed by atoms with Gasteiger partial charge in [0.15, 0.2) is 0 Å². The molecule has 0 spiro atoms. The highest BCUT2D eigenvalue weighted by Gasteiger charge is 2.42. The molecule has 140 valence electrons. The topological polar surface area (TPSA) is 41.6 Å². The maximum atomic E-state index is 12.3. The normalized spacial score (nSPS) is 30.8. The third-order valence-corrected chi connectivity index (χ3v) is 5.61. The van der Waals surface area contributed by atoms with E-state index < -0.39 is 5.60 Å². The van der Waals surface area contributed by atoms with Crippen LogP contribution in [0.3, 0.4) is 0 Å². The summed E-state index contributed by atoms with van der Waals surface area (Å²) in [6.07, 6.45) is -0.322. The first kappa shape index (κ1) is 19.8. The van der Waals surface area contributed by atoms with Gasteiger partial charge in [0, 0.05) is 18.6 Å². The van der Waals surface area contributed by atoms with E-state index in [2.05, 4.69) is 62.2 Å². The van der Waals surface area contributed by atoms with Crippen LogP contribution in [0.5, 0.6) is 0 Å². The molecule has 1 aliphatic rings. The molecule has 0 bridgehead atoms. The molecule has 1 amide bonds. The van der Waals surface area contributed by atoms with Gasteiger partial charge in [-0.05, 0) is 52.0 Å². The molecule has 1 aliphatic heterocycles. The molecule has 1 N–H and O–H groups in total. The van der Waals surface area contributed by atoms with Crippen molar-refractivity contribution in [2.24, 2.45) is 11.8 Å². The molecule has 2 rings (SSSR count). The number of hydrogen-bond acceptors (Lipinski definition) is 3. The second kappa shape index (κ2) is 7.77. The van der Waals surface area contributed by atoms with E-state index in [9.17, 15) is 4.79 Å². The molecular weight excluding hydrogens is 312 g/mol. The number of nitrogens with one attached hydrogen (secondary N) is 1. The molecule has 1 saturated heterocycles. The van der Waals surface area contributed by atoms with Crippen LogP contribution in [-0.2, 0) is 11.3 Å². The summed E-state index contributed by atoms with van der Waals surface area (Å²) in [6, 6.07) is 11.3. The second-order valence-corrected chi connectivity index (χ2v) is 8.53. The van der Waals surface area contributed by atoms with Crippen LogP contribution in [0, 0.1) is 11.8 Å². The number of piperidine rings is 1. The molecule has 4 heteroatoms. The molecule has 5 unspecified atom stereocenters. The van der Waals surface area contributed by atoms with Crippen molar-refractivity contribution in [2.45, 2.75) is 78.7 Å². The van der Waals surface area contributed by atoms with Crippen LogP contribution in [0.1, 0.15) is 54.0 Å². The number of hydrogen-bond donors (Lipinski definition) is 1. The number of ether oxygens (including phenoxy) is 1. The Kier molecular flexibility index (Phi) is 6.15. The highest BCUT2D eigenvalue weighted by molar-refractivity contribution is 5.68. The van der Waals surface area contributed by atoms with Crippen LogP contribution in [0.15, 0.2) is 30.3 Å². The predicted molar refractivity (Wildman–Crippen MR) is 102 cm³/mol. The van der Waals surface area contributed by atoms with Gasteiger partial charge in [-0.25, -0.2) is 4.79 Å². The fourth-order valence-corrected chi connectivity index (χ4v) is 3.86. The number of nitrogens with zero attached hydrogens (tertiary/aromatic N) is 1. The molecule has 1 aromatic rings. The number of alkyl carbamates (subject to hydrolysis) is 1. The van der Waals surface area contributed by atoms with E-state index in [1.807, 2.05) is 26.8 Å². The predicted octanol–water partition coefficient (Wildman–Crippen LogP) is 4.44. The average molecular weight is 347 g/mol. The fraction of sp³-hybridized carbons (Fsp3) is 0.667. The van der Waals surface area contributed by atoms with Crippen molar-refractivity contribution < 1.29 is 9.53 Å². The van der Waals surface area contributed by atoms with Crippen LogP contribution in [-0.4, -0.2) is 34.7 Å². The molecular formula is C21H34N2O2. The monoisotopic (exact) mass is 346 g/mol. The van der Waals surface area contributed by atoms with Gasteiger partial charge in [-0.1, -0.05) is 44.2 Å². The summed E-state index contributed by atoms with van der Waals surface area (Å²) in [4.78, 5) is 14.8. The lowest BCUT2D eigenvalue weighted by Crippen LogP contribution is -2.63. The molecule has 0 aromatic heterocycles. The van der Waals surface area contributed by atoms with Crippen molar-refractivity contribution in [3.63, 3.8) is 0 Å². The largest absolute Gasteiger partial charge is 0.444 e. The zero-order valence-corrected chi connectivity index (χ0v) is 16.7. The van der Waals surface area contributed by atoms with Crippen LogP contribution in [0.25, 0.3) is 0 Å². The molecule has 1 heterocycles. The van der Waals surface area contributed by atoms with Crippen molar-refractivity contribution in [1.82, 2.24) is 10.2 Å². The van der Waals surface area contributed by atoms with Gasteiger partial charge < -0.3 is 10.1 Å². The van der Waals surface area contributed by atoms with E-state index in [1.54, 1.807) is 0 Å². The number of likely N-dealkylation sites (tertiary alicyclic amines) is 1. The Morgan fingerprint density at radius 1 is 1.04 bits per heavy atom. The lowest BCUT2D eigenvalue weighted by molar-refractivity contribution is -0.0118. The number of amides is 1.